The van der Waals surface area contributed by atoms with Gasteiger partial charge in [0.25, 0.3) is 0 Å². The standard InChI is InChI=1S/C17H19FN2O3S/c1-3-13-7-9-16(10-8-13)20(24(2,22)23)12-17(21)19-15-6-4-5-14(18)11-15/h4-11H,3,12H2,1-2H3,(H,19,21). The summed E-state index contributed by atoms with van der Waals surface area (Å²) in [6.07, 6.45) is 1.87. The minimum atomic E-state index is -3.63. The number of anilines is 2. The number of rotatable bonds is 6. The highest BCUT2D eigenvalue weighted by Crippen LogP contribution is 2.19. The van der Waals surface area contributed by atoms with Gasteiger partial charge in [-0.25, -0.2) is 12.8 Å². The third-order valence-electron chi connectivity index (χ3n) is 3.43. The first kappa shape index (κ1) is 17.9. The second-order valence-electron chi connectivity index (χ2n) is 5.35. The minimum absolute atomic E-state index is 0.273. The maximum Gasteiger partial charge on any atom is 0.245 e. The first-order valence-electron chi connectivity index (χ1n) is 7.41. The number of benzene rings is 2. The molecule has 0 saturated heterocycles. The molecule has 0 heterocycles. The molecule has 2 aromatic rings. The molecule has 0 aromatic heterocycles. The number of sulfonamides is 1. The maximum atomic E-state index is 13.1. The number of nitrogens with one attached hydrogen (secondary N) is 1. The molecule has 24 heavy (non-hydrogen) atoms. The highest BCUT2D eigenvalue weighted by Gasteiger charge is 2.20. The van der Waals surface area contributed by atoms with E-state index in [1.807, 2.05) is 19.1 Å². The van der Waals surface area contributed by atoms with Gasteiger partial charge in [-0.05, 0) is 42.3 Å². The molecule has 0 aliphatic heterocycles. The molecule has 1 amide bonds. The van der Waals surface area contributed by atoms with Crippen molar-refractivity contribution in [2.24, 2.45) is 0 Å². The van der Waals surface area contributed by atoms with E-state index in [9.17, 15) is 17.6 Å². The molecule has 0 fully saturated rings. The largest absolute Gasteiger partial charge is 0.324 e. The Labute approximate surface area is 141 Å². The molecule has 1 N–H and O–H groups in total. The number of aryl methyl sites for hydroxylation is 1. The predicted molar refractivity (Wildman–Crippen MR) is 93.0 cm³/mol. The van der Waals surface area contributed by atoms with Crippen LogP contribution in [0.15, 0.2) is 48.5 Å². The van der Waals surface area contributed by atoms with Crippen LogP contribution in [0.1, 0.15) is 12.5 Å². The Morgan fingerprint density at radius 1 is 1.17 bits per heavy atom. The second-order valence-corrected chi connectivity index (χ2v) is 7.25. The molecule has 7 heteroatoms. The summed E-state index contributed by atoms with van der Waals surface area (Å²) in [5.74, 6) is -1.03. The normalized spacial score (nSPS) is 11.1. The van der Waals surface area contributed by atoms with E-state index in [1.54, 1.807) is 12.1 Å². The Morgan fingerprint density at radius 3 is 2.38 bits per heavy atom. The van der Waals surface area contributed by atoms with E-state index in [0.717, 1.165) is 22.5 Å². The Kier molecular flexibility index (Phi) is 5.56. The third kappa shape index (κ3) is 4.79. The van der Waals surface area contributed by atoms with Crippen LogP contribution in [-0.2, 0) is 21.2 Å². The van der Waals surface area contributed by atoms with Crippen LogP contribution in [-0.4, -0.2) is 27.1 Å². The van der Waals surface area contributed by atoms with Gasteiger partial charge in [0.1, 0.15) is 12.4 Å². The van der Waals surface area contributed by atoms with Crippen molar-refractivity contribution in [2.75, 3.05) is 22.4 Å². The third-order valence-corrected chi connectivity index (χ3v) is 4.57. The van der Waals surface area contributed by atoms with Crippen molar-refractivity contribution < 1.29 is 17.6 Å². The van der Waals surface area contributed by atoms with Gasteiger partial charge in [0.05, 0.1) is 11.9 Å². The molecule has 0 bridgehead atoms. The summed E-state index contributed by atoms with van der Waals surface area (Å²) in [4.78, 5) is 12.1. The smallest absolute Gasteiger partial charge is 0.245 e. The highest BCUT2D eigenvalue weighted by molar-refractivity contribution is 7.92. The van der Waals surface area contributed by atoms with Crippen LogP contribution in [0.3, 0.4) is 0 Å². The van der Waals surface area contributed by atoms with Gasteiger partial charge >= 0.3 is 0 Å². The lowest BCUT2D eigenvalue weighted by Crippen LogP contribution is -2.37. The van der Waals surface area contributed by atoms with Gasteiger partial charge in [0, 0.05) is 5.69 Å². The van der Waals surface area contributed by atoms with Gasteiger partial charge in [0.2, 0.25) is 15.9 Å². The van der Waals surface area contributed by atoms with Gasteiger partial charge in [-0.3, -0.25) is 9.10 Å². The van der Waals surface area contributed by atoms with Crippen molar-refractivity contribution in [3.05, 3.63) is 59.9 Å². The number of hydrogen-bond donors (Lipinski definition) is 1. The van der Waals surface area contributed by atoms with E-state index in [1.165, 1.54) is 24.3 Å². The van der Waals surface area contributed by atoms with Gasteiger partial charge in [-0.2, -0.15) is 0 Å². The summed E-state index contributed by atoms with van der Waals surface area (Å²) in [6, 6.07) is 12.4. The number of amides is 1. The molecule has 0 atom stereocenters. The average Bonchev–Trinajstić information content (AvgIpc) is 2.52. The van der Waals surface area contributed by atoms with E-state index >= 15 is 0 Å². The molecule has 0 radical (unpaired) electrons. The quantitative estimate of drug-likeness (QED) is 0.871. The maximum absolute atomic E-state index is 13.1. The summed E-state index contributed by atoms with van der Waals surface area (Å²) in [5, 5.41) is 2.49. The highest BCUT2D eigenvalue weighted by atomic mass is 32.2. The van der Waals surface area contributed by atoms with Crippen LogP contribution in [0, 0.1) is 5.82 Å². The fourth-order valence-corrected chi connectivity index (χ4v) is 3.05. The molecule has 0 spiro atoms. The van der Waals surface area contributed by atoms with Gasteiger partial charge in [-0.15, -0.1) is 0 Å². The SMILES string of the molecule is CCc1ccc(N(CC(=O)Nc2cccc(F)c2)S(C)(=O)=O)cc1. The van der Waals surface area contributed by atoms with Crippen LogP contribution in [0.5, 0.6) is 0 Å². The lowest BCUT2D eigenvalue weighted by atomic mass is 10.1. The molecular formula is C17H19FN2O3S. The fourth-order valence-electron chi connectivity index (χ4n) is 2.20. The van der Waals surface area contributed by atoms with E-state index in [0.29, 0.717) is 5.69 Å². The molecule has 0 aliphatic carbocycles. The summed E-state index contributed by atoms with van der Waals surface area (Å²) in [6.45, 7) is 1.61. The first-order chi connectivity index (χ1) is 11.3. The van der Waals surface area contributed by atoms with Crippen LogP contribution in [0.4, 0.5) is 15.8 Å². The fraction of sp³-hybridized carbons (Fsp3) is 0.235. The second kappa shape index (κ2) is 7.44. The van der Waals surface area contributed by atoms with Crippen molar-refractivity contribution in [3.8, 4) is 0 Å². The Morgan fingerprint density at radius 2 is 1.83 bits per heavy atom. The van der Waals surface area contributed by atoms with Gasteiger partial charge < -0.3 is 5.32 Å². The molecular weight excluding hydrogens is 331 g/mol. The van der Waals surface area contributed by atoms with Gasteiger partial charge in [0.15, 0.2) is 0 Å². The predicted octanol–water partition coefficient (Wildman–Crippen LogP) is 2.79. The Balaban J connectivity index is 2.18. The van der Waals surface area contributed by atoms with Crippen molar-refractivity contribution >= 4 is 27.3 Å². The molecule has 2 aromatic carbocycles. The van der Waals surface area contributed by atoms with E-state index < -0.39 is 21.7 Å². The summed E-state index contributed by atoms with van der Waals surface area (Å²) in [5.41, 5.74) is 1.75. The van der Waals surface area contributed by atoms with Crippen LogP contribution in [0.2, 0.25) is 0 Å². The summed E-state index contributed by atoms with van der Waals surface area (Å²) in [7, 11) is -3.63. The average molecular weight is 350 g/mol. The molecule has 0 aliphatic rings. The number of nitrogens with zero attached hydrogens (tertiary/aromatic N) is 1. The minimum Gasteiger partial charge on any atom is -0.324 e. The molecule has 128 valence electrons. The van der Waals surface area contributed by atoms with E-state index in [2.05, 4.69) is 5.32 Å². The zero-order valence-corrected chi connectivity index (χ0v) is 14.3. The number of carbonyl (C=O) groups excluding carboxylic acids is 1. The van der Waals surface area contributed by atoms with Crippen molar-refractivity contribution in [3.63, 3.8) is 0 Å². The number of halogens is 1. The monoisotopic (exact) mass is 350 g/mol. The molecule has 2 rings (SSSR count). The van der Waals surface area contributed by atoms with Crippen molar-refractivity contribution in [1.29, 1.82) is 0 Å². The summed E-state index contributed by atoms with van der Waals surface area (Å²) >= 11 is 0. The number of carbonyl (C=O) groups is 1. The molecule has 5 nitrogen and oxygen atoms in total. The van der Waals surface area contributed by atoms with E-state index in [4.69, 9.17) is 0 Å². The zero-order valence-electron chi connectivity index (χ0n) is 13.5. The molecule has 0 unspecified atom stereocenters. The van der Waals surface area contributed by atoms with Crippen molar-refractivity contribution in [2.45, 2.75) is 13.3 Å². The number of hydrogen-bond acceptors (Lipinski definition) is 3. The lowest BCUT2D eigenvalue weighted by molar-refractivity contribution is -0.114. The molecule has 0 saturated carbocycles. The topological polar surface area (TPSA) is 66.5 Å². The Hall–Kier alpha value is -2.41. The van der Waals surface area contributed by atoms with E-state index in [-0.39, 0.29) is 12.2 Å². The summed E-state index contributed by atoms with van der Waals surface area (Å²) < 4.78 is 38.2. The lowest BCUT2D eigenvalue weighted by Gasteiger charge is -2.22. The van der Waals surface area contributed by atoms with Gasteiger partial charge in [-0.1, -0.05) is 25.1 Å². The Bertz CT molecular complexity index is 820. The van der Waals surface area contributed by atoms with Crippen LogP contribution < -0.4 is 9.62 Å². The van der Waals surface area contributed by atoms with Crippen LogP contribution in [0.25, 0.3) is 0 Å². The van der Waals surface area contributed by atoms with Crippen LogP contribution >= 0.6 is 0 Å². The van der Waals surface area contributed by atoms with Crippen molar-refractivity contribution in [1.82, 2.24) is 0 Å². The zero-order chi connectivity index (χ0) is 17.7. The first-order valence-corrected chi connectivity index (χ1v) is 9.26.